The zero-order valence-corrected chi connectivity index (χ0v) is 12.9. The molecule has 0 saturated carbocycles. The van der Waals surface area contributed by atoms with E-state index in [9.17, 15) is 48.3 Å². The number of hydrogen-bond acceptors (Lipinski definition) is 3. The first-order chi connectivity index (χ1) is 11.9. The summed E-state index contributed by atoms with van der Waals surface area (Å²) in [4.78, 5) is 0. The van der Waals surface area contributed by atoms with Crippen LogP contribution in [0.3, 0.4) is 0 Å². The number of nitrogens with two attached hydrogens (primary N) is 2. The fourth-order valence-electron chi connectivity index (χ4n) is 1.61. The van der Waals surface area contributed by atoms with Crippen molar-refractivity contribution in [2.75, 3.05) is 11.5 Å². The van der Waals surface area contributed by atoms with Crippen molar-refractivity contribution in [1.29, 1.82) is 0 Å². The van der Waals surface area contributed by atoms with E-state index in [0.717, 1.165) is 13.0 Å². The Morgan fingerprint density at radius 3 is 1.70 bits per heavy atom. The molecule has 0 heterocycles. The molecule has 1 aromatic carbocycles. The number of rotatable bonds is 5. The maximum Gasteiger partial charge on any atom is 0.460 e. The van der Waals surface area contributed by atoms with Crippen molar-refractivity contribution in [3.63, 3.8) is 0 Å². The third kappa shape index (κ3) is 3.69. The van der Waals surface area contributed by atoms with Crippen LogP contribution in [0.4, 0.5) is 59.7 Å². The number of aryl methyl sites for hydroxylation is 1. The van der Waals surface area contributed by atoms with E-state index in [1.807, 2.05) is 0 Å². The highest BCUT2D eigenvalue weighted by atomic mass is 19.4. The molecule has 14 heteroatoms. The summed E-state index contributed by atoms with van der Waals surface area (Å²) in [5, 5.41) is 0. The van der Waals surface area contributed by atoms with Crippen LogP contribution in [0, 0.1) is 6.92 Å². The molecule has 0 aliphatic carbocycles. The van der Waals surface area contributed by atoms with Crippen molar-refractivity contribution in [3.8, 4) is 5.75 Å². The number of alkyl halides is 9. The monoisotopic (exact) mass is 418 g/mol. The molecule has 0 bridgehead atoms. The van der Waals surface area contributed by atoms with Gasteiger partial charge in [0, 0.05) is 6.07 Å². The van der Waals surface area contributed by atoms with Crippen LogP contribution in [-0.4, -0.2) is 23.9 Å². The molecule has 1 rings (SSSR count). The SMILES string of the molecule is Cc1cc(N)c(N)cc1OC(F)=C(F)C(F)(F)C(F)(F)C(F)(F)C(F)(F)F. The summed E-state index contributed by atoms with van der Waals surface area (Å²) in [6, 6.07) is -1.55. The molecular weight excluding hydrogens is 409 g/mol. The van der Waals surface area contributed by atoms with Gasteiger partial charge in [0.25, 0.3) is 0 Å². The summed E-state index contributed by atoms with van der Waals surface area (Å²) >= 11 is 0. The molecule has 0 aromatic heterocycles. The van der Waals surface area contributed by atoms with Gasteiger partial charge in [0.2, 0.25) is 5.83 Å². The zero-order chi connectivity index (χ0) is 21.6. The molecule has 0 radical (unpaired) electrons. The van der Waals surface area contributed by atoms with Crippen LogP contribution in [0.2, 0.25) is 0 Å². The average Bonchev–Trinajstić information content (AvgIpc) is 2.50. The molecule has 0 fully saturated rings. The molecule has 1 aromatic rings. The maximum atomic E-state index is 13.5. The Morgan fingerprint density at radius 2 is 1.26 bits per heavy atom. The van der Waals surface area contributed by atoms with Crippen LogP contribution < -0.4 is 16.2 Å². The van der Waals surface area contributed by atoms with Crippen molar-refractivity contribution >= 4 is 11.4 Å². The highest BCUT2D eigenvalue weighted by molar-refractivity contribution is 5.67. The van der Waals surface area contributed by atoms with Crippen LogP contribution in [0.25, 0.3) is 0 Å². The lowest BCUT2D eigenvalue weighted by molar-refractivity contribution is -0.392. The van der Waals surface area contributed by atoms with Crippen molar-refractivity contribution in [2.45, 2.75) is 30.9 Å². The minimum absolute atomic E-state index is 0.119. The summed E-state index contributed by atoms with van der Waals surface area (Å²) in [5.74, 6) is -26.5. The van der Waals surface area contributed by atoms with Crippen LogP contribution >= 0.6 is 0 Å². The van der Waals surface area contributed by atoms with E-state index in [0.29, 0.717) is 6.07 Å². The average molecular weight is 418 g/mol. The zero-order valence-electron chi connectivity index (χ0n) is 12.9. The molecule has 0 aliphatic rings. The smallest absolute Gasteiger partial charge is 0.429 e. The number of nitrogen functional groups attached to an aromatic ring is 2. The molecule has 0 atom stereocenters. The van der Waals surface area contributed by atoms with Gasteiger partial charge in [0.1, 0.15) is 5.75 Å². The fourth-order valence-corrected chi connectivity index (χ4v) is 1.61. The second-order valence-electron chi connectivity index (χ2n) is 5.16. The van der Waals surface area contributed by atoms with E-state index < -0.39 is 41.5 Å². The molecule has 4 N–H and O–H groups in total. The normalized spacial score (nSPS) is 14.8. The molecule has 0 unspecified atom stereocenters. The Morgan fingerprint density at radius 1 is 0.815 bits per heavy atom. The highest BCUT2D eigenvalue weighted by Gasteiger charge is 2.83. The number of hydrogen-bond donors (Lipinski definition) is 2. The van der Waals surface area contributed by atoms with E-state index >= 15 is 0 Å². The lowest BCUT2D eigenvalue weighted by Crippen LogP contribution is -2.61. The summed E-state index contributed by atoms with van der Waals surface area (Å²) in [6.45, 7) is 1.10. The molecule has 154 valence electrons. The number of anilines is 2. The highest BCUT2D eigenvalue weighted by Crippen LogP contribution is 2.55. The van der Waals surface area contributed by atoms with E-state index in [1.165, 1.54) is 0 Å². The Bertz CT molecular complexity index is 755. The van der Waals surface area contributed by atoms with Gasteiger partial charge in [-0.1, -0.05) is 0 Å². The van der Waals surface area contributed by atoms with E-state index in [4.69, 9.17) is 11.5 Å². The summed E-state index contributed by atoms with van der Waals surface area (Å²) < 4.78 is 145. The van der Waals surface area contributed by atoms with Gasteiger partial charge in [0.15, 0.2) is 0 Å². The Kier molecular flexibility index (Phi) is 5.56. The number of allylic oxidation sites excluding steroid dienone is 1. The number of ether oxygens (including phenoxy) is 1. The van der Waals surface area contributed by atoms with Gasteiger partial charge in [-0.15, -0.1) is 0 Å². The molecule has 0 amide bonds. The predicted octanol–water partition coefficient (Wildman–Crippen LogP) is 5.11. The molecule has 27 heavy (non-hydrogen) atoms. The summed E-state index contributed by atoms with van der Waals surface area (Å²) in [7, 11) is 0. The van der Waals surface area contributed by atoms with Crippen LogP contribution in [0.15, 0.2) is 24.0 Å². The quantitative estimate of drug-likeness (QED) is 0.397. The fraction of sp³-hybridized carbons (Fsp3) is 0.385. The molecule has 0 spiro atoms. The minimum atomic E-state index is -7.39. The first kappa shape index (κ1) is 22.6. The third-order valence-electron chi connectivity index (χ3n) is 3.17. The lowest BCUT2D eigenvalue weighted by atomic mass is 10.0. The van der Waals surface area contributed by atoms with Gasteiger partial charge in [-0.3, -0.25) is 0 Å². The van der Waals surface area contributed by atoms with Crippen LogP contribution in [0.1, 0.15) is 5.56 Å². The summed E-state index contributed by atoms with van der Waals surface area (Å²) in [6.07, 6.45) is -7.18. The van der Waals surface area contributed by atoms with Crippen molar-refractivity contribution in [3.05, 3.63) is 29.5 Å². The largest absolute Gasteiger partial charge is 0.460 e. The first-order valence-corrected chi connectivity index (χ1v) is 6.47. The van der Waals surface area contributed by atoms with Gasteiger partial charge in [0.05, 0.1) is 11.4 Å². The Hall–Kier alpha value is -2.41. The third-order valence-corrected chi connectivity index (χ3v) is 3.17. The number of halogens is 11. The van der Waals surface area contributed by atoms with Crippen molar-refractivity contribution in [1.82, 2.24) is 0 Å². The van der Waals surface area contributed by atoms with E-state index in [2.05, 4.69) is 4.74 Å². The topological polar surface area (TPSA) is 61.3 Å². The second kappa shape index (κ2) is 6.64. The van der Waals surface area contributed by atoms with Gasteiger partial charge in [-0.2, -0.15) is 48.3 Å². The van der Waals surface area contributed by atoms with Crippen molar-refractivity contribution in [2.24, 2.45) is 0 Å². The molecule has 3 nitrogen and oxygen atoms in total. The summed E-state index contributed by atoms with van der Waals surface area (Å²) in [5.41, 5.74) is 9.96. The molecule has 0 saturated heterocycles. The molecule has 0 aliphatic heterocycles. The van der Waals surface area contributed by atoms with Crippen LogP contribution in [-0.2, 0) is 0 Å². The Labute approximate surface area is 143 Å². The van der Waals surface area contributed by atoms with Gasteiger partial charge < -0.3 is 16.2 Å². The molecular formula is C13H9F11N2O. The van der Waals surface area contributed by atoms with Gasteiger partial charge in [-0.25, -0.2) is 0 Å². The first-order valence-electron chi connectivity index (χ1n) is 6.47. The van der Waals surface area contributed by atoms with Crippen LogP contribution in [0.5, 0.6) is 5.75 Å². The minimum Gasteiger partial charge on any atom is -0.429 e. The second-order valence-corrected chi connectivity index (χ2v) is 5.16. The predicted molar refractivity (Wildman–Crippen MR) is 70.8 cm³/mol. The Balaban J connectivity index is 3.39. The van der Waals surface area contributed by atoms with Crippen molar-refractivity contribution < 1.29 is 53.0 Å². The standard InChI is InChI=1S/C13H9F11N2O/c1-4-2-5(25)6(26)3-7(4)27-9(15)8(14)10(16,17)11(18,19)12(20,21)13(22,23)24/h2-3H,25-26H2,1H3. The van der Waals surface area contributed by atoms with Gasteiger partial charge >= 0.3 is 30.0 Å². The lowest BCUT2D eigenvalue weighted by Gasteiger charge is -2.32. The maximum absolute atomic E-state index is 13.5. The number of benzene rings is 1. The van der Waals surface area contributed by atoms with E-state index in [-0.39, 0.29) is 16.9 Å². The van der Waals surface area contributed by atoms with Gasteiger partial charge in [-0.05, 0) is 18.6 Å². The van der Waals surface area contributed by atoms with E-state index in [1.54, 1.807) is 0 Å².